The average molecular weight is 291 g/mol. The molecule has 0 spiro atoms. The lowest BCUT2D eigenvalue weighted by Gasteiger charge is -2.08. The predicted octanol–water partition coefficient (Wildman–Crippen LogP) is 3.03. The molecule has 0 aliphatic carbocycles. The molecule has 1 rings (SSSR count). The molecular weight excluding hydrogens is 277 g/mol. The molecule has 0 aliphatic heterocycles. The van der Waals surface area contributed by atoms with Crippen molar-refractivity contribution in [1.82, 2.24) is 4.98 Å². The molecule has 0 aliphatic rings. The fourth-order valence-electron chi connectivity index (χ4n) is 0.813. The number of nitrogens with zero attached hydrogens (tertiary/aromatic N) is 1. The van der Waals surface area contributed by atoms with Crippen LogP contribution in [-0.4, -0.2) is 11.6 Å². The van der Waals surface area contributed by atoms with Crippen LogP contribution in [0.3, 0.4) is 0 Å². The molecule has 72 valence electrons. The molecule has 1 aromatic rings. The van der Waals surface area contributed by atoms with Crippen LogP contribution in [0.1, 0.15) is 19.4 Å². The number of pyridine rings is 1. The first-order valence-electron chi connectivity index (χ1n) is 4.34. The van der Waals surface area contributed by atoms with Crippen LogP contribution in [-0.2, 0) is 0 Å². The molecule has 3 heteroatoms. The standard InChI is InChI=1S/C10H14INO/c1-7(2)6-13-10-4-9(11)8(3)5-12-10/h4-5,7H,6H2,1-3H3. The van der Waals surface area contributed by atoms with Gasteiger partial charge in [0.1, 0.15) is 0 Å². The molecule has 0 aromatic carbocycles. The summed E-state index contributed by atoms with van der Waals surface area (Å²) in [7, 11) is 0. The normalized spacial score (nSPS) is 10.5. The molecule has 1 aromatic heterocycles. The Morgan fingerprint density at radius 1 is 1.54 bits per heavy atom. The maximum atomic E-state index is 5.49. The molecule has 0 atom stereocenters. The topological polar surface area (TPSA) is 22.1 Å². The molecule has 0 fully saturated rings. The van der Waals surface area contributed by atoms with Gasteiger partial charge in [0.25, 0.3) is 0 Å². The van der Waals surface area contributed by atoms with E-state index in [1.165, 1.54) is 9.13 Å². The number of halogens is 1. The number of hydrogen-bond donors (Lipinski definition) is 0. The Kier molecular flexibility index (Phi) is 3.96. The van der Waals surface area contributed by atoms with Crippen LogP contribution < -0.4 is 4.74 Å². The van der Waals surface area contributed by atoms with E-state index in [1.54, 1.807) is 0 Å². The van der Waals surface area contributed by atoms with E-state index in [0.717, 1.165) is 12.5 Å². The van der Waals surface area contributed by atoms with Crippen molar-refractivity contribution in [3.63, 3.8) is 0 Å². The summed E-state index contributed by atoms with van der Waals surface area (Å²) in [5, 5.41) is 0. The van der Waals surface area contributed by atoms with Crippen LogP contribution >= 0.6 is 22.6 Å². The van der Waals surface area contributed by atoms with Gasteiger partial charge in [0.05, 0.1) is 6.61 Å². The van der Waals surface area contributed by atoms with Crippen LogP contribution in [0.25, 0.3) is 0 Å². The second-order valence-electron chi connectivity index (χ2n) is 3.48. The van der Waals surface area contributed by atoms with E-state index in [2.05, 4.69) is 41.4 Å². The van der Waals surface area contributed by atoms with Gasteiger partial charge >= 0.3 is 0 Å². The van der Waals surface area contributed by atoms with E-state index < -0.39 is 0 Å². The molecule has 0 unspecified atom stereocenters. The smallest absolute Gasteiger partial charge is 0.214 e. The number of ether oxygens (including phenoxy) is 1. The van der Waals surface area contributed by atoms with Gasteiger partial charge in [-0.1, -0.05) is 13.8 Å². The summed E-state index contributed by atoms with van der Waals surface area (Å²) < 4.78 is 6.69. The molecule has 0 amide bonds. The van der Waals surface area contributed by atoms with Crippen molar-refractivity contribution in [3.05, 3.63) is 21.4 Å². The Hall–Kier alpha value is -0.320. The predicted molar refractivity (Wildman–Crippen MR) is 62.0 cm³/mol. The van der Waals surface area contributed by atoms with Crippen molar-refractivity contribution in [2.45, 2.75) is 20.8 Å². The van der Waals surface area contributed by atoms with E-state index in [4.69, 9.17) is 4.74 Å². The van der Waals surface area contributed by atoms with Crippen LogP contribution in [0.4, 0.5) is 0 Å². The third-order valence-electron chi connectivity index (χ3n) is 1.58. The zero-order valence-corrected chi connectivity index (χ0v) is 10.3. The summed E-state index contributed by atoms with van der Waals surface area (Å²) in [5.74, 6) is 1.27. The second kappa shape index (κ2) is 4.79. The number of aromatic nitrogens is 1. The van der Waals surface area contributed by atoms with E-state index >= 15 is 0 Å². The Morgan fingerprint density at radius 3 is 2.77 bits per heavy atom. The Bertz CT molecular complexity index is 286. The third-order valence-corrected chi connectivity index (χ3v) is 2.74. The maximum Gasteiger partial charge on any atom is 0.214 e. The van der Waals surface area contributed by atoms with Gasteiger partial charge in [-0.2, -0.15) is 0 Å². The summed E-state index contributed by atoms with van der Waals surface area (Å²) in [6.45, 7) is 7.02. The van der Waals surface area contributed by atoms with E-state index in [-0.39, 0.29) is 0 Å². The first-order chi connectivity index (χ1) is 6.09. The summed E-state index contributed by atoms with van der Waals surface area (Å²) in [6.07, 6.45) is 1.84. The zero-order chi connectivity index (χ0) is 9.84. The first kappa shape index (κ1) is 10.8. The summed E-state index contributed by atoms with van der Waals surface area (Å²) in [4.78, 5) is 4.18. The van der Waals surface area contributed by atoms with Crippen molar-refractivity contribution in [2.75, 3.05) is 6.61 Å². The second-order valence-corrected chi connectivity index (χ2v) is 4.64. The molecule has 0 N–H and O–H groups in total. The van der Waals surface area contributed by atoms with Crippen molar-refractivity contribution in [1.29, 1.82) is 0 Å². The highest BCUT2D eigenvalue weighted by molar-refractivity contribution is 14.1. The van der Waals surface area contributed by atoms with Gasteiger partial charge in [-0.25, -0.2) is 4.98 Å². The third kappa shape index (κ3) is 3.50. The van der Waals surface area contributed by atoms with Gasteiger partial charge < -0.3 is 4.74 Å². The number of hydrogen-bond acceptors (Lipinski definition) is 2. The van der Waals surface area contributed by atoms with Crippen molar-refractivity contribution in [3.8, 4) is 5.88 Å². The van der Waals surface area contributed by atoms with Crippen LogP contribution in [0.15, 0.2) is 12.3 Å². The lowest BCUT2D eigenvalue weighted by molar-refractivity contribution is 0.261. The van der Waals surface area contributed by atoms with Gasteiger partial charge in [0, 0.05) is 15.8 Å². The quantitative estimate of drug-likeness (QED) is 0.799. The minimum Gasteiger partial charge on any atom is -0.477 e. The fourth-order valence-corrected chi connectivity index (χ4v) is 1.22. The largest absolute Gasteiger partial charge is 0.477 e. The zero-order valence-electron chi connectivity index (χ0n) is 8.17. The Balaban J connectivity index is 2.63. The maximum absolute atomic E-state index is 5.49. The Labute approximate surface area is 92.9 Å². The van der Waals surface area contributed by atoms with E-state index in [1.807, 2.05) is 19.2 Å². The molecular formula is C10H14INO. The highest BCUT2D eigenvalue weighted by atomic mass is 127. The molecule has 0 saturated heterocycles. The SMILES string of the molecule is Cc1cnc(OCC(C)C)cc1I. The van der Waals surface area contributed by atoms with Crippen LogP contribution in [0.5, 0.6) is 5.88 Å². The Morgan fingerprint density at radius 2 is 2.23 bits per heavy atom. The van der Waals surface area contributed by atoms with E-state index in [0.29, 0.717) is 5.92 Å². The fraction of sp³-hybridized carbons (Fsp3) is 0.500. The highest BCUT2D eigenvalue weighted by Crippen LogP contribution is 2.16. The first-order valence-corrected chi connectivity index (χ1v) is 5.42. The van der Waals surface area contributed by atoms with Crippen molar-refractivity contribution >= 4 is 22.6 Å². The van der Waals surface area contributed by atoms with Crippen LogP contribution in [0, 0.1) is 16.4 Å². The summed E-state index contributed by atoms with van der Waals surface area (Å²) >= 11 is 2.29. The minimum atomic E-state index is 0.542. The van der Waals surface area contributed by atoms with Gasteiger partial charge in [-0.05, 0) is 41.0 Å². The highest BCUT2D eigenvalue weighted by Gasteiger charge is 2.00. The van der Waals surface area contributed by atoms with Crippen LogP contribution in [0.2, 0.25) is 0 Å². The minimum absolute atomic E-state index is 0.542. The van der Waals surface area contributed by atoms with Gasteiger partial charge in [-0.15, -0.1) is 0 Å². The number of rotatable bonds is 3. The lowest BCUT2D eigenvalue weighted by atomic mass is 10.2. The molecule has 2 nitrogen and oxygen atoms in total. The lowest BCUT2D eigenvalue weighted by Crippen LogP contribution is -2.05. The summed E-state index contributed by atoms with van der Waals surface area (Å²) in [5.41, 5.74) is 1.19. The van der Waals surface area contributed by atoms with Crippen molar-refractivity contribution < 1.29 is 4.74 Å². The van der Waals surface area contributed by atoms with Crippen molar-refractivity contribution in [2.24, 2.45) is 5.92 Å². The van der Waals surface area contributed by atoms with Gasteiger partial charge in [0.15, 0.2) is 0 Å². The molecule has 13 heavy (non-hydrogen) atoms. The summed E-state index contributed by atoms with van der Waals surface area (Å²) in [6, 6.07) is 1.97. The molecule has 0 bridgehead atoms. The number of aryl methyl sites for hydroxylation is 1. The molecule has 0 radical (unpaired) electrons. The van der Waals surface area contributed by atoms with Gasteiger partial charge in [-0.3, -0.25) is 0 Å². The van der Waals surface area contributed by atoms with E-state index in [9.17, 15) is 0 Å². The molecule has 1 heterocycles. The molecule has 0 saturated carbocycles. The average Bonchev–Trinajstić information content (AvgIpc) is 2.07. The monoisotopic (exact) mass is 291 g/mol. The van der Waals surface area contributed by atoms with Gasteiger partial charge in [0.2, 0.25) is 5.88 Å².